The van der Waals surface area contributed by atoms with Crippen LogP contribution in [-0.2, 0) is 6.42 Å². The van der Waals surface area contributed by atoms with Crippen molar-refractivity contribution in [1.29, 1.82) is 0 Å². The first-order valence-electron chi connectivity index (χ1n) is 8.28. The number of unbranched alkanes of at least 4 members (excludes halogenated alkanes) is 1. The molecule has 2 aromatic carbocycles. The Morgan fingerprint density at radius 1 is 1.12 bits per heavy atom. The molecule has 4 heteroatoms. The van der Waals surface area contributed by atoms with E-state index in [0.717, 1.165) is 46.6 Å². The van der Waals surface area contributed by atoms with E-state index >= 15 is 0 Å². The van der Waals surface area contributed by atoms with Gasteiger partial charge in [0.2, 0.25) is 0 Å². The summed E-state index contributed by atoms with van der Waals surface area (Å²) in [7, 11) is 0. The van der Waals surface area contributed by atoms with Gasteiger partial charge in [-0.1, -0.05) is 39.2 Å². The Hall–Kier alpha value is -1.29. The topological polar surface area (TPSA) is 41.8 Å². The molecule has 0 fully saturated rings. The van der Waals surface area contributed by atoms with Crippen LogP contribution in [0.1, 0.15) is 29.5 Å². The van der Waals surface area contributed by atoms with Gasteiger partial charge in [-0.3, -0.25) is 0 Å². The highest BCUT2D eigenvalue weighted by Gasteiger charge is 2.17. The second kappa shape index (κ2) is 7.30. The number of aryl methyl sites for hydroxylation is 3. The number of hydrogen-bond acceptors (Lipinski definition) is 1. The summed E-state index contributed by atoms with van der Waals surface area (Å²) in [4.78, 5) is 3.63. The maximum Gasteiger partial charge on any atom is 0.0512 e. The molecule has 1 aromatic heterocycles. The molecule has 1 heterocycles. The van der Waals surface area contributed by atoms with Crippen molar-refractivity contribution < 1.29 is 0 Å². The van der Waals surface area contributed by atoms with Crippen molar-refractivity contribution in [2.75, 3.05) is 6.54 Å². The van der Waals surface area contributed by atoms with Crippen LogP contribution in [-0.4, -0.2) is 11.5 Å². The van der Waals surface area contributed by atoms with E-state index in [9.17, 15) is 0 Å². The summed E-state index contributed by atoms with van der Waals surface area (Å²) in [5, 5.41) is 2.06. The summed E-state index contributed by atoms with van der Waals surface area (Å²) in [6, 6.07) is 10.5. The molecular formula is C20H22BrClN2. The van der Waals surface area contributed by atoms with Gasteiger partial charge in [-0.25, -0.2) is 0 Å². The predicted molar refractivity (Wildman–Crippen MR) is 108 cm³/mol. The van der Waals surface area contributed by atoms with E-state index in [4.69, 9.17) is 17.3 Å². The van der Waals surface area contributed by atoms with Crippen LogP contribution >= 0.6 is 27.5 Å². The fourth-order valence-corrected chi connectivity index (χ4v) is 3.90. The highest BCUT2D eigenvalue weighted by Crippen LogP contribution is 2.38. The lowest BCUT2D eigenvalue weighted by Gasteiger charge is -2.08. The standard InChI is InChI=1S/C20H22BrClN2/c1-12-9-13(2)19-16(10-12)15(5-3-4-8-23)20(24-19)17-11-14(21)6-7-18(17)22/h6-7,9-11,24H,3-5,8,23H2,1-2H3. The number of nitrogens with two attached hydrogens (primary N) is 1. The molecule has 3 rings (SSSR count). The van der Waals surface area contributed by atoms with Crippen LogP contribution in [0.5, 0.6) is 0 Å². The number of halogens is 2. The lowest BCUT2D eigenvalue weighted by atomic mass is 9.98. The van der Waals surface area contributed by atoms with Crippen LogP contribution < -0.4 is 5.73 Å². The quantitative estimate of drug-likeness (QED) is 0.491. The molecule has 0 saturated heterocycles. The van der Waals surface area contributed by atoms with Gasteiger partial charge in [0.05, 0.1) is 5.69 Å². The molecule has 0 bridgehead atoms. The minimum absolute atomic E-state index is 0.730. The van der Waals surface area contributed by atoms with Gasteiger partial charge in [-0.15, -0.1) is 0 Å². The number of hydrogen-bond donors (Lipinski definition) is 2. The molecule has 126 valence electrons. The highest BCUT2D eigenvalue weighted by molar-refractivity contribution is 9.10. The summed E-state index contributed by atoms with van der Waals surface area (Å²) in [5.74, 6) is 0. The maximum atomic E-state index is 6.50. The lowest BCUT2D eigenvalue weighted by Crippen LogP contribution is -1.99. The Labute approximate surface area is 156 Å². The molecule has 3 N–H and O–H groups in total. The molecule has 0 aliphatic heterocycles. The van der Waals surface area contributed by atoms with Crippen LogP contribution in [0, 0.1) is 13.8 Å². The monoisotopic (exact) mass is 404 g/mol. The minimum Gasteiger partial charge on any atom is -0.354 e. The first kappa shape index (κ1) is 17.5. The first-order valence-corrected chi connectivity index (χ1v) is 9.45. The SMILES string of the molecule is Cc1cc(C)c2[nH]c(-c3cc(Br)ccc3Cl)c(CCCCN)c2c1. The fourth-order valence-electron chi connectivity index (χ4n) is 3.33. The molecule has 2 nitrogen and oxygen atoms in total. The maximum absolute atomic E-state index is 6.50. The zero-order chi connectivity index (χ0) is 17.3. The Balaban J connectivity index is 2.23. The van der Waals surface area contributed by atoms with Gasteiger partial charge in [0.1, 0.15) is 0 Å². The summed E-state index contributed by atoms with van der Waals surface area (Å²) < 4.78 is 1.03. The van der Waals surface area contributed by atoms with Crippen LogP contribution in [0.2, 0.25) is 5.02 Å². The second-order valence-corrected chi connectivity index (χ2v) is 7.68. The van der Waals surface area contributed by atoms with E-state index in [-0.39, 0.29) is 0 Å². The summed E-state index contributed by atoms with van der Waals surface area (Å²) >= 11 is 10.1. The smallest absolute Gasteiger partial charge is 0.0512 e. The number of rotatable bonds is 5. The number of aromatic amines is 1. The van der Waals surface area contributed by atoms with Crippen LogP contribution in [0.4, 0.5) is 0 Å². The molecule has 0 spiro atoms. The van der Waals surface area contributed by atoms with E-state index in [1.54, 1.807) is 0 Å². The number of fused-ring (bicyclic) bond motifs is 1. The van der Waals surface area contributed by atoms with E-state index in [0.29, 0.717) is 0 Å². The van der Waals surface area contributed by atoms with Crippen molar-refractivity contribution in [3.8, 4) is 11.3 Å². The molecule has 24 heavy (non-hydrogen) atoms. The van der Waals surface area contributed by atoms with Gasteiger partial charge in [0.15, 0.2) is 0 Å². The lowest BCUT2D eigenvalue weighted by molar-refractivity contribution is 0.748. The van der Waals surface area contributed by atoms with Crippen LogP contribution in [0.15, 0.2) is 34.8 Å². The number of benzene rings is 2. The Morgan fingerprint density at radius 2 is 1.92 bits per heavy atom. The zero-order valence-electron chi connectivity index (χ0n) is 14.0. The van der Waals surface area contributed by atoms with Gasteiger partial charge in [-0.2, -0.15) is 0 Å². The molecule has 0 aliphatic rings. The molecular weight excluding hydrogens is 384 g/mol. The second-order valence-electron chi connectivity index (χ2n) is 6.35. The third kappa shape index (κ3) is 3.39. The Morgan fingerprint density at radius 3 is 2.67 bits per heavy atom. The number of H-pyrrole nitrogens is 1. The first-order chi connectivity index (χ1) is 11.5. The van der Waals surface area contributed by atoms with Gasteiger partial charge >= 0.3 is 0 Å². The van der Waals surface area contributed by atoms with E-state index < -0.39 is 0 Å². The van der Waals surface area contributed by atoms with Gasteiger partial charge in [0.25, 0.3) is 0 Å². The highest BCUT2D eigenvalue weighted by atomic mass is 79.9. The van der Waals surface area contributed by atoms with Crippen molar-refractivity contribution in [2.24, 2.45) is 5.73 Å². The van der Waals surface area contributed by atoms with Gasteiger partial charge in [-0.05, 0) is 75.0 Å². The molecule has 0 atom stereocenters. The van der Waals surface area contributed by atoms with Gasteiger partial charge < -0.3 is 10.7 Å². The largest absolute Gasteiger partial charge is 0.354 e. The van der Waals surface area contributed by atoms with E-state index in [2.05, 4.69) is 53.0 Å². The van der Waals surface area contributed by atoms with Crippen LogP contribution in [0.3, 0.4) is 0 Å². The minimum atomic E-state index is 0.730. The number of aromatic nitrogens is 1. The normalized spacial score (nSPS) is 11.4. The molecule has 0 radical (unpaired) electrons. The van der Waals surface area contributed by atoms with E-state index in [1.165, 1.54) is 27.6 Å². The molecule has 0 aliphatic carbocycles. The average Bonchev–Trinajstić information content (AvgIpc) is 2.89. The molecule has 3 aromatic rings. The zero-order valence-corrected chi connectivity index (χ0v) is 16.4. The Bertz CT molecular complexity index is 883. The van der Waals surface area contributed by atoms with Crippen molar-refractivity contribution >= 4 is 38.4 Å². The van der Waals surface area contributed by atoms with Crippen molar-refractivity contribution in [2.45, 2.75) is 33.1 Å². The number of nitrogens with one attached hydrogen (secondary N) is 1. The fraction of sp³-hybridized carbons (Fsp3) is 0.300. The molecule has 0 saturated carbocycles. The van der Waals surface area contributed by atoms with Crippen molar-refractivity contribution in [3.63, 3.8) is 0 Å². The summed E-state index contributed by atoms with van der Waals surface area (Å²) in [5.41, 5.74) is 12.9. The molecule has 0 unspecified atom stereocenters. The van der Waals surface area contributed by atoms with Crippen molar-refractivity contribution in [3.05, 3.63) is 56.5 Å². The summed E-state index contributed by atoms with van der Waals surface area (Å²) in [6.07, 6.45) is 3.11. The predicted octanol–water partition coefficient (Wildman–Crippen LogP) is 6.15. The average molecular weight is 406 g/mol. The summed E-state index contributed by atoms with van der Waals surface area (Å²) in [6.45, 7) is 5.03. The Kier molecular flexibility index (Phi) is 5.33. The third-order valence-corrected chi connectivity index (χ3v) is 5.26. The van der Waals surface area contributed by atoms with Crippen molar-refractivity contribution in [1.82, 2.24) is 4.98 Å². The van der Waals surface area contributed by atoms with Gasteiger partial charge in [0, 0.05) is 26.0 Å². The third-order valence-electron chi connectivity index (χ3n) is 4.44. The van der Waals surface area contributed by atoms with Crippen LogP contribution in [0.25, 0.3) is 22.2 Å². The van der Waals surface area contributed by atoms with E-state index in [1.807, 2.05) is 12.1 Å². The molecule has 0 amide bonds.